The maximum atomic E-state index is 13.3. The molecule has 1 amide bonds. The molecule has 5 nitrogen and oxygen atoms in total. The molecular weight excluding hydrogens is 463 g/mol. The summed E-state index contributed by atoms with van der Waals surface area (Å²) in [6.45, 7) is 5.78. The Labute approximate surface area is 202 Å². The number of amides is 1. The lowest BCUT2D eigenvalue weighted by Gasteiger charge is -2.34. The first-order valence-electron chi connectivity index (χ1n) is 10.7. The summed E-state index contributed by atoms with van der Waals surface area (Å²) in [6, 6.07) is 12.2. The Morgan fingerprint density at radius 3 is 2.61 bits per heavy atom. The van der Waals surface area contributed by atoms with Crippen LogP contribution < -0.4 is 9.47 Å². The van der Waals surface area contributed by atoms with Crippen molar-refractivity contribution in [3.8, 4) is 11.5 Å². The molecule has 0 saturated carbocycles. The van der Waals surface area contributed by atoms with Crippen LogP contribution in [0.1, 0.15) is 26.4 Å². The number of hydrogen-bond donors (Lipinski definition) is 0. The van der Waals surface area contributed by atoms with Crippen LogP contribution in [-0.2, 0) is 13.2 Å². The third kappa shape index (κ3) is 5.85. The Bertz CT molecular complexity index is 1130. The summed E-state index contributed by atoms with van der Waals surface area (Å²) >= 11 is 7.59. The first kappa shape index (κ1) is 23.5. The Morgan fingerprint density at radius 2 is 1.88 bits per heavy atom. The van der Waals surface area contributed by atoms with Crippen molar-refractivity contribution in [2.75, 3.05) is 33.3 Å². The lowest BCUT2D eigenvalue weighted by Crippen LogP contribution is -2.48. The number of halogens is 2. The first-order valence-corrected chi connectivity index (χ1v) is 12.0. The van der Waals surface area contributed by atoms with Crippen molar-refractivity contribution in [1.82, 2.24) is 9.80 Å². The molecule has 8 heteroatoms. The van der Waals surface area contributed by atoms with Gasteiger partial charge >= 0.3 is 0 Å². The molecule has 0 aliphatic carbocycles. The van der Waals surface area contributed by atoms with E-state index in [0.29, 0.717) is 47.6 Å². The molecule has 0 N–H and O–H groups in total. The van der Waals surface area contributed by atoms with E-state index in [1.54, 1.807) is 13.2 Å². The van der Waals surface area contributed by atoms with E-state index in [0.717, 1.165) is 29.8 Å². The zero-order valence-electron chi connectivity index (χ0n) is 18.6. The molecule has 1 aliphatic heterocycles. The fraction of sp³-hybridized carbons (Fsp3) is 0.320. The zero-order valence-corrected chi connectivity index (χ0v) is 20.2. The van der Waals surface area contributed by atoms with E-state index in [4.69, 9.17) is 21.1 Å². The van der Waals surface area contributed by atoms with Gasteiger partial charge in [-0.2, -0.15) is 0 Å². The van der Waals surface area contributed by atoms with Crippen molar-refractivity contribution in [3.05, 3.63) is 80.3 Å². The number of carbonyl (C=O) groups excluding carboxylic acids is 1. The summed E-state index contributed by atoms with van der Waals surface area (Å²) in [6.07, 6.45) is 0. The number of ether oxygens (including phenoxy) is 2. The number of hydrogen-bond acceptors (Lipinski definition) is 5. The van der Waals surface area contributed by atoms with Crippen molar-refractivity contribution in [2.24, 2.45) is 0 Å². The van der Waals surface area contributed by atoms with Gasteiger partial charge in [0, 0.05) is 43.3 Å². The molecule has 3 aromatic rings. The van der Waals surface area contributed by atoms with Crippen LogP contribution in [0.25, 0.3) is 0 Å². The summed E-state index contributed by atoms with van der Waals surface area (Å²) in [7, 11) is 1.62. The molecule has 4 rings (SSSR count). The molecule has 0 spiro atoms. The van der Waals surface area contributed by atoms with E-state index in [2.05, 4.69) is 4.90 Å². The second-order valence-electron chi connectivity index (χ2n) is 8.07. The number of carbonyl (C=O) groups is 1. The minimum Gasteiger partial charge on any atom is -0.493 e. The van der Waals surface area contributed by atoms with Crippen molar-refractivity contribution in [3.63, 3.8) is 0 Å². The largest absolute Gasteiger partial charge is 0.493 e. The average molecular weight is 489 g/mol. The van der Waals surface area contributed by atoms with Gasteiger partial charge in [-0.15, -0.1) is 11.3 Å². The third-order valence-electron chi connectivity index (χ3n) is 5.65. The van der Waals surface area contributed by atoms with E-state index in [-0.39, 0.29) is 11.7 Å². The van der Waals surface area contributed by atoms with Gasteiger partial charge in [0.05, 0.1) is 12.0 Å². The highest BCUT2D eigenvalue weighted by Crippen LogP contribution is 2.29. The standard InChI is InChI=1S/C25H26ClFN2O3S/c1-17-3-6-22(23(11-17)31-2)32-15-18-12-24(33-16-18)25(30)29-9-7-28(8-10-29)14-19-4-5-20(27)13-21(19)26/h3-6,11-13,16H,7-10,14-15H2,1-2H3. The van der Waals surface area contributed by atoms with Crippen LogP contribution in [0.5, 0.6) is 11.5 Å². The van der Waals surface area contributed by atoms with Crippen LogP contribution >= 0.6 is 22.9 Å². The van der Waals surface area contributed by atoms with Crippen LogP contribution in [0.2, 0.25) is 5.02 Å². The highest BCUT2D eigenvalue weighted by molar-refractivity contribution is 7.12. The van der Waals surface area contributed by atoms with Crippen LogP contribution in [0.3, 0.4) is 0 Å². The second-order valence-corrected chi connectivity index (χ2v) is 9.38. The topological polar surface area (TPSA) is 42.0 Å². The Hall–Kier alpha value is -2.61. The molecule has 2 heterocycles. The van der Waals surface area contributed by atoms with Gasteiger partial charge in [0.2, 0.25) is 0 Å². The van der Waals surface area contributed by atoms with Gasteiger partial charge in [-0.1, -0.05) is 23.7 Å². The molecule has 0 bridgehead atoms. The van der Waals surface area contributed by atoms with Crippen LogP contribution in [0.15, 0.2) is 47.8 Å². The van der Waals surface area contributed by atoms with E-state index in [9.17, 15) is 9.18 Å². The molecule has 33 heavy (non-hydrogen) atoms. The van der Waals surface area contributed by atoms with Crippen LogP contribution in [-0.4, -0.2) is 49.0 Å². The number of thiophene rings is 1. The molecule has 1 fully saturated rings. The predicted octanol–water partition coefficient (Wildman–Crippen LogP) is 5.39. The number of piperazine rings is 1. The highest BCUT2D eigenvalue weighted by Gasteiger charge is 2.24. The van der Waals surface area contributed by atoms with Crippen molar-refractivity contribution in [1.29, 1.82) is 0 Å². The summed E-state index contributed by atoms with van der Waals surface area (Å²) in [5.41, 5.74) is 2.95. The van der Waals surface area contributed by atoms with Crippen LogP contribution in [0.4, 0.5) is 4.39 Å². The Balaban J connectivity index is 1.30. The Kier molecular flexibility index (Phi) is 7.53. The first-order chi connectivity index (χ1) is 15.9. The normalized spacial score (nSPS) is 14.4. The predicted molar refractivity (Wildman–Crippen MR) is 129 cm³/mol. The lowest BCUT2D eigenvalue weighted by atomic mass is 10.2. The molecule has 1 aliphatic rings. The van der Waals surface area contributed by atoms with Crippen molar-refractivity contribution in [2.45, 2.75) is 20.1 Å². The molecular formula is C25H26ClFN2O3S. The van der Waals surface area contributed by atoms with Crippen molar-refractivity contribution >= 4 is 28.8 Å². The van der Waals surface area contributed by atoms with E-state index >= 15 is 0 Å². The molecule has 2 aromatic carbocycles. The monoisotopic (exact) mass is 488 g/mol. The molecule has 1 aromatic heterocycles. The minimum absolute atomic E-state index is 0.0404. The number of benzene rings is 2. The summed E-state index contributed by atoms with van der Waals surface area (Å²) in [5, 5.41) is 2.39. The average Bonchev–Trinajstić information content (AvgIpc) is 3.29. The second kappa shape index (κ2) is 10.5. The van der Waals surface area contributed by atoms with E-state index < -0.39 is 0 Å². The molecule has 0 radical (unpaired) electrons. The fourth-order valence-electron chi connectivity index (χ4n) is 3.77. The number of rotatable bonds is 7. The van der Waals surface area contributed by atoms with Gasteiger partial charge in [0.25, 0.3) is 5.91 Å². The van der Waals surface area contributed by atoms with Gasteiger partial charge in [0.1, 0.15) is 12.4 Å². The van der Waals surface area contributed by atoms with Gasteiger partial charge < -0.3 is 14.4 Å². The maximum Gasteiger partial charge on any atom is 0.264 e. The number of aryl methyl sites for hydroxylation is 1. The van der Waals surface area contributed by atoms with Gasteiger partial charge in [-0.3, -0.25) is 9.69 Å². The summed E-state index contributed by atoms with van der Waals surface area (Å²) in [4.78, 5) is 17.8. The summed E-state index contributed by atoms with van der Waals surface area (Å²) < 4.78 is 24.6. The third-order valence-corrected chi connectivity index (χ3v) is 6.97. The van der Waals surface area contributed by atoms with Gasteiger partial charge in [0.15, 0.2) is 11.5 Å². The lowest BCUT2D eigenvalue weighted by molar-refractivity contribution is 0.0633. The SMILES string of the molecule is COc1cc(C)ccc1OCc1csc(C(=O)N2CCN(Cc3ccc(F)cc3Cl)CC2)c1. The minimum atomic E-state index is -0.335. The highest BCUT2D eigenvalue weighted by atomic mass is 35.5. The van der Waals surface area contributed by atoms with E-state index in [1.165, 1.54) is 23.5 Å². The van der Waals surface area contributed by atoms with Crippen LogP contribution in [0, 0.1) is 12.7 Å². The summed E-state index contributed by atoms with van der Waals surface area (Å²) in [5.74, 6) is 1.08. The smallest absolute Gasteiger partial charge is 0.264 e. The number of methoxy groups -OCH3 is 1. The van der Waals surface area contributed by atoms with Gasteiger partial charge in [-0.25, -0.2) is 4.39 Å². The molecule has 174 valence electrons. The zero-order chi connectivity index (χ0) is 23.4. The van der Waals surface area contributed by atoms with Crippen molar-refractivity contribution < 1.29 is 18.7 Å². The van der Waals surface area contributed by atoms with Gasteiger partial charge in [-0.05, 0) is 53.8 Å². The maximum absolute atomic E-state index is 13.3. The molecule has 0 unspecified atom stereocenters. The molecule has 1 saturated heterocycles. The quantitative estimate of drug-likeness (QED) is 0.447. The van der Waals surface area contributed by atoms with E-state index in [1.807, 2.05) is 41.5 Å². The molecule has 0 atom stereocenters. The fourth-order valence-corrected chi connectivity index (χ4v) is 4.87. The number of nitrogens with zero attached hydrogens (tertiary/aromatic N) is 2. The Morgan fingerprint density at radius 1 is 1.09 bits per heavy atom.